The fraction of sp³-hybridized carbons (Fsp3) is 0.435. The fourth-order valence-electron chi connectivity index (χ4n) is 3.82. The van der Waals surface area contributed by atoms with Crippen LogP contribution in [0.5, 0.6) is 0 Å². The number of carbonyl (C=O) groups excluding carboxylic acids is 1. The first-order valence-electron chi connectivity index (χ1n) is 9.88. The lowest BCUT2D eigenvalue weighted by molar-refractivity contribution is -0.132. The van der Waals surface area contributed by atoms with E-state index in [0.717, 1.165) is 57.5 Å². The normalized spacial score (nSPS) is 16.9. The summed E-state index contributed by atoms with van der Waals surface area (Å²) in [6.07, 6.45) is 3.00. The maximum absolute atomic E-state index is 13.2. The summed E-state index contributed by atoms with van der Waals surface area (Å²) >= 11 is 0. The summed E-state index contributed by atoms with van der Waals surface area (Å²) in [5, 5.41) is 0. The Morgan fingerprint density at radius 2 is 1.62 bits per heavy atom. The minimum atomic E-state index is 0.00173. The minimum Gasteiger partial charge on any atom is -0.341 e. The quantitative estimate of drug-likeness (QED) is 0.775. The maximum atomic E-state index is 13.2. The van der Waals surface area contributed by atoms with Crippen LogP contribution >= 0.6 is 0 Å². The molecule has 1 amide bonds. The molecule has 1 heterocycles. The number of rotatable bonds is 6. The van der Waals surface area contributed by atoms with Crippen LogP contribution in [0.4, 0.5) is 0 Å². The van der Waals surface area contributed by atoms with E-state index in [4.69, 9.17) is 0 Å². The first kappa shape index (κ1) is 18.7. The lowest BCUT2D eigenvalue weighted by Gasteiger charge is -2.26. The molecule has 1 fully saturated rings. The highest BCUT2D eigenvalue weighted by atomic mass is 16.2. The molecule has 0 bridgehead atoms. The van der Waals surface area contributed by atoms with E-state index in [-0.39, 0.29) is 5.92 Å². The molecule has 1 aliphatic heterocycles. The zero-order chi connectivity index (χ0) is 18.2. The van der Waals surface area contributed by atoms with E-state index in [1.807, 2.05) is 18.2 Å². The van der Waals surface area contributed by atoms with Crippen molar-refractivity contribution in [1.82, 2.24) is 9.80 Å². The van der Waals surface area contributed by atoms with E-state index < -0.39 is 0 Å². The van der Waals surface area contributed by atoms with Crippen LogP contribution in [0, 0.1) is 0 Å². The molecule has 0 radical (unpaired) electrons. The van der Waals surface area contributed by atoms with Gasteiger partial charge < -0.3 is 4.90 Å². The molecule has 3 nitrogen and oxygen atoms in total. The molecule has 0 saturated carbocycles. The highest BCUT2D eigenvalue weighted by Gasteiger charge is 2.26. The van der Waals surface area contributed by atoms with Gasteiger partial charge in [-0.2, -0.15) is 0 Å². The van der Waals surface area contributed by atoms with Crippen molar-refractivity contribution in [2.45, 2.75) is 38.6 Å². The average molecular weight is 351 g/mol. The van der Waals surface area contributed by atoms with Crippen LogP contribution in [0.3, 0.4) is 0 Å². The van der Waals surface area contributed by atoms with E-state index in [2.05, 4.69) is 59.2 Å². The third-order valence-corrected chi connectivity index (χ3v) is 5.23. The summed E-state index contributed by atoms with van der Waals surface area (Å²) in [4.78, 5) is 17.8. The number of hydrogen-bond donors (Lipinski definition) is 0. The van der Waals surface area contributed by atoms with Gasteiger partial charge in [-0.1, -0.05) is 74.0 Å². The average Bonchev–Trinajstić information content (AvgIpc) is 2.93. The van der Waals surface area contributed by atoms with Crippen LogP contribution in [-0.4, -0.2) is 41.9 Å². The summed E-state index contributed by atoms with van der Waals surface area (Å²) in [5.41, 5.74) is 2.50. The second-order valence-corrected chi connectivity index (χ2v) is 7.19. The monoisotopic (exact) mass is 350 g/mol. The Bertz CT molecular complexity index is 671. The molecule has 0 N–H and O–H groups in total. The van der Waals surface area contributed by atoms with Crippen LogP contribution in [0.25, 0.3) is 0 Å². The number of carbonyl (C=O) groups is 1. The van der Waals surface area contributed by atoms with E-state index in [1.54, 1.807) is 0 Å². The van der Waals surface area contributed by atoms with Crippen molar-refractivity contribution in [3.05, 3.63) is 71.8 Å². The van der Waals surface area contributed by atoms with Gasteiger partial charge in [0.2, 0.25) is 5.91 Å². The molecule has 2 aromatic carbocycles. The van der Waals surface area contributed by atoms with Crippen molar-refractivity contribution in [3.8, 4) is 0 Å². The molecule has 0 aromatic heterocycles. The van der Waals surface area contributed by atoms with Gasteiger partial charge >= 0.3 is 0 Å². The van der Waals surface area contributed by atoms with Crippen molar-refractivity contribution >= 4 is 5.91 Å². The molecule has 1 saturated heterocycles. The first-order chi connectivity index (χ1) is 12.8. The largest absolute Gasteiger partial charge is 0.341 e. The van der Waals surface area contributed by atoms with Crippen LogP contribution in [0.15, 0.2) is 60.7 Å². The maximum Gasteiger partial charge on any atom is 0.230 e. The second kappa shape index (κ2) is 9.54. The van der Waals surface area contributed by atoms with Gasteiger partial charge in [0.15, 0.2) is 0 Å². The highest BCUT2D eigenvalue weighted by molar-refractivity contribution is 5.83. The van der Waals surface area contributed by atoms with Crippen molar-refractivity contribution in [1.29, 1.82) is 0 Å². The van der Waals surface area contributed by atoms with Gasteiger partial charge in [0, 0.05) is 32.7 Å². The Kier molecular flexibility index (Phi) is 6.84. The van der Waals surface area contributed by atoms with Crippen molar-refractivity contribution in [2.75, 3.05) is 26.2 Å². The number of hydrogen-bond acceptors (Lipinski definition) is 2. The van der Waals surface area contributed by atoms with Crippen molar-refractivity contribution in [3.63, 3.8) is 0 Å². The van der Waals surface area contributed by atoms with E-state index >= 15 is 0 Å². The fourth-order valence-corrected chi connectivity index (χ4v) is 3.82. The predicted molar refractivity (Wildman–Crippen MR) is 107 cm³/mol. The van der Waals surface area contributed by atoms with Gasteiger partial charge in [0.1, 0.15) is 0 Å². The predicted octanol–water partition coefficient (Wildman–Crippen LogP) is 4.30. The summed E-state index contributed by atoms with van der Waals surface area (Å²) < 4.78 is 0. The van der Waals surface area contributed by atoms with Gasteiger partial charge in [-0.15, -0.1) is 0 Å². The standard InChI is InChI=1S/C23H30N2O/c1-2-10-22(21-13-7-4-8-14-21)23(26)25-16-9-15-24(17-18-25)19-20-11-5-3-6-12-20/h3-8,11-14,22H,2,9-10,15-19H2,1H3. The van der Waals surface area contributed by atoms with E-state index in [0.29, 0.717) is 5.91 Å². The molecule has 3 rings (SSSR count). The van der Waals surface area contributed by atoms with Crippen LogP contribution in [0.2, 0.25) is 0 Å². The SMILES string of the molecule is CCCC(C(=O)N1CCCN(Cc2ccccc2)CC1)c1ccccc1. The summed E-state index contributed by atoms with van der Waals surface area (Å²) in [6, 6.07) is 20.9. The molecule has 0 aliphatic carbocycles. The minimum absolute atomic E-state index is 0.00173. The summed E-state index contributed by atoms with van der Waals surface area (Å²) in [6.45, 7) is 6.85. The summed E-state index contributed by atoms with van der Waals surface area (Å²) in [7, 11) is 0. The molecule has 138 valence electrons. The van der Waals surface area contributed by atoms with Gasteiger partial charge in [-0.3, -0.25) is 9.69 Å². The van der Waals surface area contributed by atoms with E-state index in [1.165, 1.54) is 5.56 Å². The Hall–Kier alpha value is -2.13. The number of nitrogens with zero attached hydrogens (tertiary/aromatic N) is 2. The molecule has 1 atom stereocenters. The van der Waals surface area contributed by atoms with Crippen LogP contribution in [-0.2, 0) is 11.3 Å². The zero-order valence-electron chi connectivity index (χ0n) is 15.8. The second-order valence-electron chi connectivity index (χ2n) is 7.19. The molecule has 1 aliphatic rings. The molecule has 0 spiro atoms. The van der Waals surface area contributed by atoms with Gasteiger partial charge in [-0.25, -0.2) is 0 Å². The lowest BCUT2D eigenvalue weighted by atomic mass is 9.93. The molecular weight excluding hydrogens is 320 g/mol. The van der Waals surface area contributed by atoms with Gasteiger partial charge in [-0.05, 0) is 24.0 Å². The first-order valence-corrected chi connectivity index (χ1v) is 9.88. The highest BCUT2D eigenvalue weighted by Crippen LogP contribution is 2.24. The third kappa shape index (κ3) is 4.95. The van der Waals surface area contributed by atoms with E-state index in [9.17, 15) is 4.79 Å². The molecular formula is C23H30N2O. The third-order valence-electron chi connectivity index (χ3n) is 5.23. The van der Waals surface area contributed by atoms with Crippen molar-refractivity contribution < 1.29 is 4.79 Å². The van der Waals surface area contributed by atoms with Crippen molar-refractivity contribution in [2.24, 2.45) is 0 Å². The number of amides is 1. The van der Waals surface area contributed by atoms with Gasteiger partial charge in [0.25, 0.3) is 0 Å². The van der Waals surface area contributed by atoms with Crippen LogP contribution in [0.1, 0.15) is 43.2 Å². The molecule has 26 heavy (non-hydrogen) atoms. The zero-order valence-corrected chi connectivity index (χ0v) is 15.8. The Morgan fingerprint density at radius 3 is 2.31 bits per heavy atom. The Labute approximate surface area is 157 Å². The Morgan fingerprint density at radius 1 is 0.923 bits per heavy atom. The molecule has 1 unspecified atom stereocenters. The molecule has 2 aromatic rings. The summed E-state index contributed by atoms with van der Waals surface area (Å²) in [5.74, 6) is 0.307. The topological polar surface area (TPSA) is 23.6 Å². The smallest absolute Gasteiger partial charge is 0.230 e. The van der Waals surface area contributed by atoms with Crippen LogP contribution < -0.4 is 0 Å². The Balaban J connectivity index is 1.62. The van der Waals surface area contributed by atoms with Gasteiger partial charge in [0.05, 0.1) is 5.92 Å². The molecule has 3 heteroatoms. The number of benzene rings is 2. The lowest BCUT2D eigenvalue weighted by Crippen LogP contribution is -2.38.